The van der Waals surface area contributed by atoms with Gasteiger partial charge >= 0.3 is 0 Å². The summed E-state index contributed by atoms with van der Waals surface area (Å²) in [5.74, 6) is 0.578. The van der Waals surface area contributed by atoms with Gasteiger partial charge in [0.25, 0.3) is 0 Å². The monoisotopic (exact) mass is 306 g/mol. The number of hydrogen-bond acceptors (Lipinski definition) is 5. The van der Waals surface area contributed by atoms with Crippen LogP contribution < -0.4 is 0 Å². The van der Waals surface area contributed by atoms with Crippen LogP contribution in [0.5, 0.6) is 0 Å². The first-order valence-electron chi connectivity index (χ1n) is 7.21. The Morgan fingerprint density at radius 1 is 1.33 bits per heavy atom. The van der Waals surface area contributed by atoms with Crippen molar-refractivity contribution >= 4 is 9.84 Å². The highest BCUT2D eigenvalue weighted by Crippen LogP contribution is 2.36. The SMILES string of the molecule is CCc1nc(CS(=O)(=O)[C@H]2CCCc3ccccc32)no1. The van der Waals surface area contributed by atoms with Gasteiger partial charge in [-0.05, 0) is 30.4 Å². The number of aromatic nitrogens is 2. The maximum absolute atomic E-state index is 12.7. The first kappa shape index (κ1) is 14.3. The molecule has 0 aliphatic heterocycles. The van der Waals surface area contributed by atoms with Crippen molar-refractivity contribution in [1.82, 2.24) is 10.1 Å². The highest BCUT2D eigenvalue weighted by molar-refractivity contribution is 7.90. The molecule has 0 amide bonds. The molecule has 0 saturated heterocycles. The predicted molar refractivity (Wildman–Crippen MR) is 78.4 cm³/mol. The van der Waals surface area contributed by atoms with E-state index >= 15 is 0 Å². The molecule has 1 aromatic carbocycles. The maximum atomic E-state index is 12.7. The molecule has 1 aliphatic carbocycles. The van der Waals surface area contributed by atoms with E-state index in [-0.39, 0.29) is 11.6 Å². The van der Waals surface area contributed by atoms with E-state index in [0.717, 1.165) is 24.0 Å². The van der Waals surface area contributed by atoms with Crippen LogP contribution in [0.1, 0.15) is 47.9 Å². The molecule has 0 N–H and O–H groups in total. The topological polar surface area (TPSA) is 73.1 Å². The summed E-state index contributed by atoms with van der Waals surface area (Å²) in [7, 11) is -3.33. The number of rotatable bonds is 4. The molecule has 112 valence electrons. The average molecular weight is 306 g/mol. The molecule has 2 aromatic rings. The Labute approximate surface area is 124 Å². The number of aryl methyl sites for hydroxylation is 2. The number of fused-ring (bicyclic) bond motifs is 1. The smallest absolute Gasteiger partial charge is 0.226 e. The first-order chi connectivity index (χ1) is 10.1. The predicted octanol–water partition coefficient (Wildman–Crippen LogP) is 2.62. The van der Waals surface area contributed by atoms with E-state index in [1.807, 2.05) is 31.2 Å². The van der Waals surface area contributed by atoms with E-state index in [1.165, 1.54) is 0 Å². The summed E-state index contributed by atoms with van der Waals surface area (Å²) >= 11 is 0. The van der Waals surface area contributed by atoms with Crippen molar-refractivity contribution in [2.45, 2.75) is 43.6 Å². The van der Waals surface area contributed by atoms with Crippen LogP contribution in [-0.4, -0.2) is 18.6 Å². The fourth-order valence-corrected chi connectivity index (χ4v) is 4.68. The van der Waals surface area contributed by atoms with Crippen LogP contribution in [0.3, 0.4) is 0 Å². The summed E-state index contributed by atoms with van der Waals surface area (Å²) in [5.41, 5.74) is 2.07. The van der Waals surface area contributed by atoms with Crippen LogP contribution in [-0.2, 0) is 28.4 Å². The second kappa shape index (κ2) is 5.60. The van der Waals surface area contributed by atoms with Crippen molar-refractivity contribution in [3.8, 4) is 0 Å². The lowest BCUT2D eigenvalue weighted by atomic mass is 9.91. The minimum atomic E-state index is -3.33. The molecule has 0 saturated carbocycles. The van der Waals surface area contributed by atoms with Crippen molar-refractivity contribution in [2.75, 3.05) is 0 Å². The summed E-state index contributed by atoms with van der Waals surface area (Å²) in [6.45, 7) is 1.89. The molecule has 5 nitrogen and oxygen atoms in total. The van der Waals surface area contributed by atoms with Gasteiger partial charge in [0.1, 0.15) is 5.75 Å². The van der Waals surface area contributed by atoms with Gasteiger partial charge in [0, 0.05) is 6.42 Å². The zero-order valence-electron chi connectivity index (χ0n) is 11.9. The fraction of sp³-hybridized carbons (Fsp3) is 0.467. The normalized spacial score (nSPS) is 18.4. The molecule has 0 radical (unpaired) electrons. The molecule has 0 bridgehead atoms. The van der Waals surface area contributed by atoms with Crippen LogP contribution in [0.15, 0.2) is 28.8 Å². The van der Waals surface area contributed by atoms with Crippen molar-refractivity contribution in [3.63, 3.8) is 0 Å². The molecular weight excluding hydrogens is 288 g/mol. The molecule has 6 heteroatoms. The molecule has 3 rings (SSSR count). The number of benzene rings is 1. The van der Waals surface area contributed by atoms with Crippen molar-refractivity contribution in [1.29, 1.82) is 0 Å². The summed E-state index contributed by atoms with van der Waals surface area (Å²) in [5, 5.41) is 3.30. The summed E-state index contributed by atoms with van der Waals surface area (Å²) in [6.07, 6.45) is 3.12. The Hall–Kier alpha value is -1.69. The highest BCUT2D eigenvalue weighted by atomic mass is 32.2. The van der Waals surface area contributed by atoms with Crippen LogP contribution in [0, 0.1) is 0 Å². The molecule has 0 fully saturated rings. The van der Waals surface area contributed by atoms with Crippen LogP contribution in [0.2, 0.25) is 0 Å². The fourth-order valence-electron chi connectivity index (χ4n) is 2.86. The van der Waals surface area contributed by atoms with Gasteiger partial charge in [0.05, 0.1) is 5.25 Å². The van der Waals surface area contributed by atoms with Gasteiger partial charge in [-0.1, -0.05) is 36.3 Å². The van der Waals surface area contributed by atoms with E-state index < -0.39 is 15.1 Å². The van der Waals surface area contributed by atoms with Crippen molar-refractivity contribution in [2.24, 2.45) is 0 Å². The summed E-state index contributed by atoms with van der Waals surface area (Å²) < 4.78 is 30.4. The quantitative estimate of drug-likeness (QED) is 0.868. The zero-order chi connectivity index (χ0) is 14.9. The molecule has 1 aromatic heterocycles. The van der Waals surface area contributed by atoms with E-state index in [4.69, 9.17) is 4.52 Å². The Balaban J connectivity index is 1.89. The maximum Gasteiger partial charge on any atom is 0.226 e. The van der Waals surface area contributed by atoms with Crippen molar-refractivity contribution in [3.05, 3.63) is 47.1 Å². The Morgan fingerprint density at radius 3 is 2.90 bits per heavy atom. The zero-order valence-corrected chi connectivity index (χ0v) is 12.8. The molecular formula is C15H18N2O3S. The van der Waals surface area contributed by atoms with Gasteiger partial charge in [-0.2, -0.15) is 4.98 Å². The Kier molecular flexibility index (Phi) is 3.80. The Morgan fingerprint density at radius 2 is 2.14 bits per heavy atom. The third-order valence-corrected chi connectivity index (χ3v) is 5.91. The lowest BCUT2D eigenvalue weighted by Crippen LogP contribution is -2.21. The molecule has 1 heterocycles. The van der Waals surface area contributed by atoms with Crippen molar-refractivity contribution < 1.29 is 12.9 Å². The molecule has 0 spiro atoms. The second-order valence-corrected chi connectivity index (χ2v) is 7.53. The third kappa shape index (κ3) is 2.85. The second-order valence-electron chi connectivity index (χ2n) is 5.34. The number of hydrogen-bond donors (Lipinski definition) is 0. The average Bonchev–Trinajstić information content (AvgIpc) is 2.93. The van der Waals surface area contributed by atoms with Crippen LogP contribution in [0.25, 0.3) is 0 Å². The summed E-state index contributed by atoms with van der Waals surface area (Å²) in [6, 6.07) is 7.79. The third-order valence-electron chi connectivity index (χ3n) is 3.89. The molecule has 0 unspecified atom stereocenters. The van der Waals surface area contributed by atoms with Crippen LogP contribution >= 0.6 is 0 Å². The first-order valence-corrected chi connectivity index (χ1v) is 8.92. The van der Waals surface area contributed by atoms with Gasteiger partial charge in [0.2, 0.25) is 5.89 Å². The minimum absolute atomic E-state index is 0.157. The van der Waals surface area contributed by atoms with E-state index in [9.17, 15) is 8.42 Å². The lowest BCUT2D eigenvalue weighted by molar-refractivity contribution is 0.377. The molecule has 1 atom stereocenters. The van der Waals surface area contributed by atoms with E-state index in [2.05, 4.69) is 10.1 Å². The summed E-state index contributed by atoms with van der Waals surface area (Å²) in [4.78, 5) is 4.11. The number of nitrogens with zero attached hydrogens (tertiary/aromatic N) is 2. The largest absolute Gasteiger partial charge is 0.339 e. The van der Waals surface area contributed by atoms with E-state index in [1.54, 1.807) is 0 Å². The van der Waals surface area contributed by atoms with E-state index in [0.29, 0.717) is 18.7 Å². The number of sulfone groups is 1. The standard InChI is InChI=1S/C15H18N2O3S/c1-2-15-16-14(17-20-15)10-21(18,19)13-9-5-7-11-6-3-4-8-12(11)13/h3-4,6,8,13H,2,5,7,9-10H2,1H3/t13-/m0/s1. The molecule has 21 heavy (non-hydrogen) atoms. The Bertz CT molecular complexity index is 737. The lowest BCUT2D eigenvalue weighted by Gasteiger charge is -2.24. The van der Waals surface area contributed by atoms with Gasteiger partial charge in [-0.25, -0.2) is 8.42 Å². The highest BCUT2D eigenvalue weighted by Gasteiger charge is 2.32. The van der Waals surface area contributed by atoms with Crippen LogP contribution in [0.4, 0.5) is 0 Å². The minimum Gasteiger partial charge on any atom is -0.339 e. The van der Waals surface area contributed by atoms with Gasteiger partial charge < -0.3 is 4.52 Å². The van der Waals surface area contributed by atoms with Gasteiger partial charge in [-0.3, -0.25) is 0 Å². The molecule has 1 aliphatic rings. The van der Waals surface area contributed by atoms with Gasteiger partial charge in [0.15, 0.2) is 15.7 Å². The van der Waals surface area contributed by atoms with Gasteiger partial charge in [-0.15, -0.1) is 0 Å².